The normalized spacial score (nSPS) is 19.2. The van der Waals surface area contributed by atoms with Gasteiger partial charge in [-0.15, -0.1) is 11.8 Å². The number of hydrogen-bond donors (Lipinski definition) is 1. The highest BCUT2D eigenvalue weighted by atomic mass is 35.5. The number of carbonyl (C=O) groups is 2. The Labute approximate surface area is 185 Å². The molecule has 2 aromatic carbocycles. The van der Waals surface area contributed by atoms with Crippen molar-refractivity contribution in [3.05, 3.63) is 53.6 Å². The molecule has 158 valence electrons. The molecule has 1 saturated heterocycles. The van der Waals surface area contributed by atoms with Crippen LogP contribution in [0.3, 0.4) is 0 Å². The summed E-state index contributed by atoms with van der Waals surface area (Å²) in [4.78, 5) is 30.2. The van der Waals surface area contributed by atoms with E-state index in [-0.39, 0.29) is 23.5 Å². The van der Waals surface area contributed by atoms with Gasteiger partial charge < -0.3 is 15.0 Å². The Balaban J connectivity index is 1.21. The van der Waals surface area contributed by atoms with E-state index in [1.54, 1.807) is 0 Å². The summed E-state index contributed by atoms with van der Waals surface area (Å²) in [5.41, 5.74) is 0.823. The summed E-state index contributed by atoms with van der Waals surface area (Å²) < 4.78 is 5.75. The zero-order valence-corrected chi connectivity index (χ0v) is 18.1. The molecule has 0 aromatic heterocycles. The molecule has 2 aliphatic heterocycles. The summed E-state index contributed by atoms with van der Waals surface area (Å²) >= 11 is 7.58. The predicted octanol–water partition coefficient (Wildman–Crippen LogP) is 3.37. The Hall–Kier alpha value is -2.22. The van der Waals surface area contributed by atoms with Gasteiger partial charge in [-0.25, -0.2) is 0 Å². The highest BCUT2D eigenvalue weighted by Gasteiger charge is 2.31. The Morgan fingerprint density at radius 1 is 1.10 bits per heavy atom. The minimum absolute atomic E-state index is 0.0361. The standard InChI is InChI=1S/C22H24ClN3O3S/c23-16-5-1-3-7-18(16)29-14-13-25-9-11-26(12-10-25)21(27)15-20-22(28)24-17-6-2-4-8-19(17)30-20/h1-8,20H,9-15H2,(H,24,28). The van der Waals surface area contributed by atoms with Crippen LogP contribution in [-0.4, -0.2) is 66.2 Å². The monoisotopic (exact) mass is 445 g/mol. The second kappa shape index (κ2) is 9.73. The number of amides is 2. The number of para-hydroxylation sites is 2. The van der Waals surface area contributed by atoms with Gasteiger partial charge in [0.2, 0.25) is 11.8 Å². The van der Waals surface area contributed by atoms with E-state index in [2.05, 4.69) is 10.2 Å². The van der Waals surface area contributed by atoms with Crippen LogP contribution in [0, 0.1) is 0 Å². The summed E-state index contributed by atoms with van der Waals surface area (Å²) in [6, 6.07) is 15.1. The number of ether oxygens (including phenoxy) is 1. The minimum Gasteiger partial charge on any atom is -0.491 e. The van der Waals surface area contributed by atoms with E-state index in [0.717, 1.165) is 30.2 Å². The second-order valence-corrected chi connectivity index (χ2v) is 8.95. The van der Waals surface area contributed by atoms with Crippen LogP contribution in [0.5, 0.6) is 5.75 Å². The van der Waals surface area contributed by atoms with E-state index >= 15 is 0 Å². The lowest BCUT2D eigenvalue weighted by atomic mass is 10.2. The molecule has 1 fully saturated rings. The molecule has 8 heteroatoms. The number of fused-ring (bicyclic) bond motifs is 1. The van der Waals surface area contributed by atoms with E-state index in [1.807, 2.05) is 53.4 Å². The molecule has 0 saturated carbocycles. The fraction of sp³-hybridized carbons (Fsp3) is 0.364. The molecule has 6 nitrogen and oxygen atoms in total. The largest absolute Gasteiger partial charge is 0.491 e. The van der Waals surface area contributed by atoms with Crippen molar-refractivity contribution >= 4 is 40.9 Å². The van der Waals surface area contributed by atoms with Crippen LogP contribution in [0.4, 0.5) is 5.69 Å². The third kappa shape index (κ3) is 5.09. The highest BCUT2D eigenvalue weighted by molar-refractivity contribution is 8.01. The number of anilines is 1. The molecule has 2 aromatic rings. The van der Waals surface area contributed by atoms with Crippen molar-refractivity contribution < 1.29 is 14.3 Å². The molecular weight excluding hydrogens is 422 g/mol. The maximum absolute atomic E-state index is 12.7. The Morgan fingerprint density at radius 3 is 2.63 bits per heavy atom. The third-order valence-corrected chi connectivity index (χ3v) is 6.88. The van der Waals surface area contributed by atoms with Crippen molar-refractivity contribution in [3.63, 3.8) is 0 Å². The molecule has 0 bridgehead atoms. The fourth-order valence-corrected chi connectivity index (χ4v) is 4.87. The molecular formula is C22H24ClN3O3S. The summed E-state index contributed by atoms with van der Waals surface area (Å²) in [7, 11) is 0. The minimum atomic E-state index is -0.380. The lowest BCUT2D eigenvalue weighted by Crippen LogP contribution is -2.50. The smallest absolute Gasteiger partial charge is 0.238 e. The van der Waals surface area contributed by atoms with E-state index in [1.165, 1.54) is 11.8 Å². The molecule has 30 heavy (non-hydrogen) atoms. The average Bonchev–Trinajstić information content (AvgIpc) is 2.76. The van der Waals surface area contributed by atoms with E-state index in [0.29, 0.717) is 30.5 Å². The molecule has 2 amide bonds. The molecule has 0 radical (unpaired) electrons. The van der Waals surface area contributed by atoms with Gasteiger partial charge in [-0.2, -0.15) is 0 Å². The third-order valence-electron chi connectivity index (χ3n) is 5.29. The predicted molar refractivity (Wildman–Crippen MR) is 119 cm³/mol. The maximum atomic E-state index is 12.7. The van der Waals surface area contributed by atoms with Crippen LogP contribution in [0.1, 0.15) is 6.42 Å². The SMILES string of the molecule is O=C1Nc2ccccc2SC1CC(=O)N1CCN(CCOc2ccccc2Cl)CC1. The van der Waals surface area contributed by atoms with Gasteiger partial charge in [-0.05, 0) is 24.3 Å². The summed E-state index contributed by atoms with van der Waals surface area (Å²) in [6.07, 6.45) is 0.223. The van der Waals surface area contributed by atoms with E-state index in [9.17, 15) is 9.59 Å². The molecule has 0 spiro atoms. The van der Waals surface area contributed by atoms with Crippen LogP contribution in [0.15, 0.2) is 53.4 Å². The molecule has 1 N–H and O–H groups in total. The first kappa shape index (κ1) is 21.0. The Kier molecular flexibility index (Phi) is 6.82. The van der Waals surface area contributed by atoms with Gasteiger partial charge in [0.1, 0.15) is 12.4 Å². The number of nitrogens with one attached hydrogen (secondary N) is 1. The van der Waals surface area contributed by atoms with Gasteiger partial charge in [-0.1, -0.05) is 35.9 Å². The van der Waals surface area contributed by atoms with E-state index in [4.69, 9.17) is 16.3 Å². The fourth-order valence-electron chi connectivity index (χ4n) is 3.58. The number of thioether (sulfide) groups is 1. The quantitative estimate of drug-likeness (QED) is 0.738. The average molecular weight is 446 g/mol. The maximum Gasteiger partial charge on any atom is 0.238 e. The van der Waals surface area contributed by atoms with Crippen molar-refractivity contribution in [2.75, 3.05) is 44.6 Å². The number of rotatable bonds is 6. The first-order valence-electron chi connectivity index (χ1n) is 10.0. The van der Waals surface area contributed by atoms with Crippen molar-refractivity contribution in [1.82, 2.24) is 9.80 Å². The number of halogens is 1. The molecule has 2 heterocycles. The van der Waals surface area contributed by atoms with Crippen molar-refractivity contribution in [1.29, 1.82) is 0 Å². The van der Waals surface area contributed by atoms with Crippen LogP contribution in [-0.2, 0) is 9.59 Å². The summed E-state index contributed by atoms with van der Waals surface area (Å²) in [5.74, 6) is 0.634. The molecule has 1 atom stereocenters. The Morgan fingerprint density at radius 2 is 1.83 bits per heavy atom. The topological polar surface area (TPSA) is 61.9 Å². The lowest BCUT2D eigenvalue weighted by molar-refractivity contribution is -0.134. The van der Waals surface area contributed by atoms with Gasteiger partial charge >= 0.3 is 0 Å². The van der Waals surface area contributed by atoms with Crippen molar-refractivity contribution in [2.24, 2.45) is 0 Å². The second-order valence-electron chi connectivity index (χ2n) is 7.30. The summed E-state index contributed by atoms with van der Waals surface area (Å²) in [6.45, 7) is 4.26. The van der Waals surface area contributed by atoms with Gasteiger partial charge in [-0.3, -0.25) is 14.5 Å². The first-order chi connectivity index (χ1) is 14.6. The van der Waals surface area contributed by atoms with Crippen LogP contribution in [0.2, 0.25) is 5.02 Å². The molecule has 1 unspecified atom stereocenters. The first-order valence-corrected chi connectivity index (χ1v) is 11.3. The van der Waals surface area contributed by atoms with E-state index < -0.39 is 0 Å². The Bertz CT molecular complexity index is 918. The summed E-state index contributed by atoms with van der Waals surface area (Å²) in [5, 5.41) is 3.13. The van der Waals surface area contributed by atoms with Crippen molar-refractivity contribution in [3.8, 4) is 5.75 Å². The number of nitrogens with zero attached hydrogens (tertiary/aromatic N) is 2. The van der Waals surface area contributed by atoms with Gasteiger partial charge in [0.25, 0.3) is 0 Å². The van der Waals surface area contributed by atoms with Crippen LogP contribution < -0.4 is 10.1 Å². The zero-order valence-electron chi connectivity index (χ0n) is 16.6. The highest BCUT2D eigenvalue weighted by Crippen LogP contribution is 2.36. The van der Waals surface area contributed by atoms with Crippen LogP contribution in [0.25, 0.3) is 0 Å². The number of hydrogen-bond acceptors (Lipinski definition) is 5. The lowest BCUT2D eigenvalue weighted by Gasteiger charge is -2.35. The molecule has 0 aliphatic carbocycles. The van der Waals surface area contributed by atoms with Gasteiger partial charge in [0.05, 0.1) is 16.0 Å². The number of benzene rings is 2. The van der Waals surface area contributed by atoms with Gasteiger partial charge in [0, 0.05) is 44.0 Å². The van der Waals surface area contributed by atoms with Gasteiger partial charge in [0.15, 0.2) is 0 Å². The zero-order chi connectivity index (χ0) is 20.9. The van der Waals surface area contributed by atoms with Crippen LogP contribution >= 0.6 is 23.4 Å². The molecule has 4 rings (SSSR count). The van der Waals surface area contributed by atoms with Crippen molar-refractivity contribution in [2.45, 2.75) is 16.6 Å². The number of piperazine rings is 1. The number of carbonyl (C=O) groups excluding carboxylic acids is 2. The molecule has 2 aliphatic rings.